The standard InChI is InChI=1S/C20H32F3N5O2.HI/c1-3-24-19(27-17-7-11-28(12-8-17)10-4-13-29-2)25-9-14-30-18-6-5-16(15-26-18)20(21,22)23;/h5-6,15,17H,3-4,7-14H2,1-2H3,(H2,24,25,27);1H. The van der Waals surface area contributed by atoms with E-state index in [-0.39, 0.29) is 36.5 Å². The zero-order chi connectivity index (χ0) is 21.8. The Kier molecular flexibility index (Phi) is 13.1. The molecule has 1 saturated heterocycles. The molecule has 0 spiro atoms. The van der Waals surface area contributed by atoms with Crippen molar-refractivity contribution in [1.29, 1.82) is 0 Å². The van der Waals surface area contributed by atoms with Gasteiger partial charge in [0.25, 0.3) is 0 Å². The van der Waals surface area contributed by atoms with Crippen LogP contribution in [0, 0.1) is 0 Å². The molecule has 1 aromatic rings. The van der Waals surface area contributed by atoms with E-state index >= 15 is 0 Å². The van der Waals surface area contributed by atoms with Crippen LogP contribution in [0.25, 0.3) is 0 Å². The molecular formula is C20H33F3IN5O2. The lowest BCUT2D eigenvalue weighted by Crippen LogP contribution is -2.49. The third-order valence-electron chi connectivity index (χ3n) is 4.77. The van der Waals surface area contributed by atoms with Gasteiger partial charge < -0.3 is 25.0 Å². The smallest absolute Gasteiger partial charge is 0.417 e. The lowest BCUT2D eigenvalue weighted by Gasteiger charge is -2.33. The Bertz CT molecular complexity index is 639. The molecule has 1 aliphatic heterocycles. The van der Waals surface area contributed by atoms with Gasteiger partial charge in [-0.05, 0) is 32.3 Å². The molecule has 178 valence electrons. The van der Waals surface area contributed by atoms with Crippen molar-refractivity contribution in [2.24, 2.45) is 4.99 Å². The summed E-state index contributed by atoms with van der Waals surface area (Å²) in [5.41, 5.74) is -0.795. The van der Waals surface area contributed by atoms with Gasteiger partial charge in [-0.3, -0.25) is 0 Å². The van der Waals surface area contributed by atoms with Gasteiger partial charge in [0.1, 0.15) is 6.61 Å². The van der Waals surface area contributed by atoms with Crippen LogP contribution >= 0.6 is 24.0 Å². The summed E-state index contributed by atoms with van der Waals surface area (Å²) in [6.07, 6.45) is -0.493. The summed E-state index contributed by atoms with van der Waals surface area (Å²) in [4.78, 5) is 10.6. The third-order valence-corrected chi connectivity index (χ3v) is 4.77. The molecule has 2 rings (SSSR count). The average molecular weight is 559 g/mol. The number of likely N-dealkylation sites (tertiary alicyclic amines) is 1. The number of halogens is 4. The number of guanidine groups is 1. The van der Waals surface area contributed by atoms with Crippen LogP contribution in [0.5, 0.6) is 5.88 Å². The van der Waals surface area contributed by atoms with Crippen LogP contribution in [0.15, 0.2) is 23.3 Å². The molecule has 0 atom stereocenters. The number of hydrogen-bond donors (Lipinski definition) is 2. The number of pyridine rings is 1. The molecule has 31 heavy (non-hydrogen) atoms. The molecule has 0 bridgehead atoms. The molecule has 1 aliphatic rings. The number of nitrogens with zero attached hydrogens (tertiary/aromatic N) is 3. The number of methoxy groups -OCH3 is 1. The molecule has 0 radical (unpaired) electrons. The second-order valence-electron chi connectivity index (χ2n) is 7.10. The molecule has 7 nitrogen and oxygen atoms in total. The summed E-state index contributed by atoms with van der Waals surface area (Å²) in [5, 5.41) is 6.68. The van der Waals surface area contributed by atoms with Crippen molar-refractivity contribution in [3.63, 3.8) is 0 Å². The zero-order valence-electron chi connectivity index (χ0n) is 18.1. The molecule has 2 N–H and O–H groups in total. The molecule has 2 heterocycles. The molecule has 0 amide bonds. The Labute approximate surface area is 199 Å². The molecule has 11 heteroatoms. The minimum atomic E-state index is -4.40. The minimum Gasteiger partial charge on any atom is -0.476 e. The molecule has 1 fully saturated rings. The monoisotopic (exact) mass is 559 g/mol. The third kappa shape index (κ3) is 10.7. The topological polar surface area (TPSA) is 71.0 Å². The predicted molar refractivity (Wildman–Crippen MR) is 125 cm³/mol. The fourth-order valence-corrected chi connectivity index (χ4v) is 3.19. The first-order valence-electron chi connectivity index (χ1n) is 10.3. The Balaban J connectivity index is 0.00000480. The van der Waals surface area contributed by atoms with Crippen molar-refractivity contribution < 1.29 is 22.6 Å². The van der Waals surface area contributed by atoms with E-state index in [4.69, 9.17) is 9.47 Å². The largest absolute Gasteiger partial charge is 0.476 e. The molecule has 0 aliphatic carbocycles. The summed E-state index contributed by atoms with van der Waals surface area (Å²) in [5.74, 6) is 0.872. The van der Waals surface area contributed by atoms with E-state index in [1.54, 1.807) is 7.11 Å². The van der Waals surface area contributed by atoms with Gasteiger partial charge in [0, 0.05) is 58.2 Å². The minimum absolute atomic E-state index is 0. The molecule has 0 aromatic carbocycles. The normalized spacial score (nSPS) is 16.0. The molecule has 1 aromatic heterocycles. The van der Waals surface area contributed by atoms with Gasteiger partial charge in [-0.1, -0.05) is 0 Å². The van der Waals surface area contributed by atoms with Crippen molar-refractivity contribution in [2.45, 2.75) is 38.4 Å². The van der Waals surface area contributed by atoms with Crippen LogP contribution in [0.4, 0.5) is 13.2 Å². The second kappa shape index (κ2) is 14.7. The maximum absolute atomic E-state index is 12.6. The molecule has 0 unspecified atom stereocenters. The van der Waals surface area contributed by atoms with Gasteiger partial charge in [0.05, 0.1) is 12.1 Å². The lowest BCUT2D eigenvalue weighted by atomic mass is 10.1. The van der Waals surface area contributed by atoms with Gasteiger partial charge in [-0.25, -0.2) is 9.98 Å². The summed E-state index contributed by atoms with van der Waals surface area (Å²) in [6.45, 7) is 7.28. The Hall–Kier alpha value is -1.34. The second-order valence-corrected chi connectivity index (χ2v) is 7.10. The van der Waals surface area contributed by atoms with Crippen molar-refractivity contribution >= 4 is 29.9 Å². The highest BCUT2D eigenvalue weighted by Gasteiger charge is 2.30. The fraction of sp³-hybridized carbons (Fsp3) is 0.700. The summed E-state index contributed by atoms with van der Waals surface area (Å²) in [6, 6.07) is 2.54. The van der Waals surface area contributed by atoms with Crippen molar-refractivity contribution in [3.05, 3.63) is 23.9 Å². The fourth-order valence-electron chi connectivity index (χ4n) is 3.19. The maximum Gasteiger partial charge on any atom is 0.417 e. The van der Waals surface area contributed by atoms with Crippen molar-refractivity contribution in [1.82, 2.24) is 20.5 Å². The van der Waals surface area contributed by atoms with Gasteiger partial charge in [-0.15, -0.1) is 24.0 Å². The van der Waals surface area contributed by atoms with E-state index in [1.165, 1.54) is 6.07 Å². The highest BCUT2D eigenvalue weighted by Crippen LogP contribution is 2.29. The van der Waals surface area contributed by atoms with Gasteiger partial charge in [0.15, 0.2) is 5.96 Å². The number of aliphatic imine (C=N–C) groups is 1. The lowest BCUT2D eigenvalue weighted by molar-refractivity contribution is -0.137. The van der Waals surface area contributed by atoms with Crippen molar-refractivity contribution in [2.75, 3.05) is 53.0 Å². The Morgan fingerprint density at radius 2 is 2.00 bits per heavy atom. The number of alkyl halides is 3. The number of hydrogen-bond acceptors (Lipinski definition) is 5. The van der Waals surface area contributed by atoms with E-state index in [2.05, 4.69) is 25.5 Å². The van der Waals surface area contributed by atoms with Crippen LogP contribution in [0.1, 0.15) is 31.7 Å². The Morgan fingerprint density at radius 3 is 2.58 bits per heavy atom. The first-order chi connectivity index (χ1) is 14.4. The maximum atomic E-state index is 12.6. The van der Waals surface area contributed by atoms with Crippen LogP contribution in [0.3, 0.4) is 0 Å². The van der Waals surface area contributed by atoms with E-state index in [1.807, 2.05) is 6.92 Å². The average Bonchev–Trinajstić information content (AvgIpc) is 2.72. The predicted octanol–water partition coefficient (Wildman–Crippen LogP) is 3.15. The van der Waals surface area contributed by atoms with E-state index in [0.717, 1.165) is 70.3 Å². The summed E-state index contributed by atoms with van der Waals surface area (Å²) >= 11 is 0. The van der Waals surface area contributed by atoms with Gasteiger partial charge in [0.2, 0.25) is 5.88 Å². The molecular weight excluding hydrogens is 526 g/mol. The van der Waals surface area contributed by atoms with Crippen LogP contribution in [0.2, 0.25) is 0 Å². The highest BCUT2D eigenvalue weighted by molar-refractivity contribution is 14.0. The quantitative estimate of drug-likeness (QED) is 0.199. The number of ether oxygens (including phenoxy) is 2. The molecule has 0 saturated carbocycles. The summed E-state index contributed by atoms with van der Waals surface area (Å²) < 4.78 is 48.2. The van der Waals surface area contributed by atoms with Crippen LogP contribution in [-0.2, 0) is 10.9 Å². The summed E-state index contributed by atoms with van der Waals surface area (Å²) in [7, 11) is 1.73. The van der Waals surface area contributed by atoms with Crippen molar-refractivity contribution in [3.8, 4) is 5.88 Å². The van der Waals surface area contributed by atoms with Crippen LogP contribution < -0.4 is 15.4 Å². The van der Waals surface area contributed by atoms with E-state index in [0.29, 0.717) is 12.6 Å². The number of piperidine rings is 1. The first kappa shape index (κ1) is 27.7. The zero-order valence-corrected chi connectivity index (χ0v) is 20.4. The van der Waals surface area contributed by atoms with Gasteiger partial charge >= 0.3 is 6.18 Å². The number of aromatic nitrogens is 1. The van der Waals surface area contributed by atoms with Crippen LogP contribution in [-0.4, -0.2) is 74.9 Å². The Morgan fingerprint density at radius 1 is 1.26 bits per heavy atom. The number of nitrogens with one attached hydrogen (secondary N) is 2. The van der Waals surface area contributed by atoms with Gasteiger partial charge in [-0.2, -0.15) is 13.2 Å². The number of rotatable bonds is 10. The SMILES string of the molecule is CCNC(=NCCOc1ccc(C(F)(F)F)cn1)NC1CCN(CCCOC)CC1.I. The van der Waals surface area contributed by atoms with E-state index in [9.17, 15) is 13.2 Å². The highest BCUT2D eigenvalue weighted by atomic mass is 127. The van der Waals surface area contributed by atoms with E-state index < -0.39 is 11.7 Å². The first-order valence-corrected chi connectivity index (χ1v) is 10.3.